The molecule has 0 bridgehead atoms. The molecule has 0 saturated carbocycles. The number of hydrogen-bond donors (Lipinski definition) is 1. The van der Waals surface area contributed by atoms with Crippen molar-refractivity contribution >= 4 is 27.3 Å². The highest BCUT2D eigenvalue weighted by molar-refractivity contribution is 7.91. The smallest absolute Gasteiger partial charge is 0.324 e. The molecular weight excluding hydrogens is 288 g/mol. The highest BCUT2D eigenvalue weighted by Gasteiger charge is 2.50. The first-order valence-corrected chi connectivity index (χ1v) is 7.84. The number of thiophene rings is 1. The molecule has 1 aliphatic heterocycles. The van der Waals surface area contributed by atoms with Gasteiger partial charge in [-0.1, -0.05) is 0 Å². The van der Waals surface area contributed by atoms with Crippen molar-refractivity contribution in [3.05, 3.63) is 17.0 Å². The number of rotatable bonds is 3. The Kier molecular flexibility index (Phi) is 3.38. The molecule has 102 valence electrons. The molecule has 1 saturated heterocycles. The van der Waals surface area contributed by atoms with E-state index in [0.29, 0.717) is 6.42 Å². The van der Waals surface area contributed by atoms with Crippen molar-refractivity contribution in [2.24, 2.45) is 0 Å². The van der Waals surface area contributed by atoms with Crippen molar-refractivity contribution in [1.29, 1.82) is 5.26 Å². The number of carboxylic acid groups (broad SMARTS) is 1. The van der Waals surface area contributed by atoms with Crippen LogP contribution in [0.25, 0.3) is 0 Å². The van der Waals surface area contributed by atoms with Crippen molar-refractivity contribution in [2.45, 2.75) is 29.5 Å². The van der Waals surface area contributed by atoms with Crippen LogP contribution in [0.2, 0.25) is 0 Å². The van der Waals surface area contributed by atoms with Gasteiger partial charge in [0.2, 0.25) is 0 Å². The number of carbonyl (C=O) groups is 1. The van der Waals surface area contributed by atoms with Crippen LogP contribution in [0, 0.1) is 11.3 Å². The molecule has 0 aromatic carbocycles. The third-order valence-corrected chi connectivity index (χ3v) is 6.75. The van der Waals surface area contributed by atoms with Crippen LogP contribution in [0.15, 0.2) is 16.3 Å². The van der Waals surface area contributed by atoms with Gasteiger partial charge in [-0.2, -0.15) is 9.57 Å². The minimum atomic E-state index is -3.86. The summed E-state index contributed by atoms with van der Waals surface area (Å²) in [6.45, 7) is 1.60. The second-order valence-electron chi connectivity index (χ2n) is 4.49. The minimum absolute atomic E-state index is 0.0124. The molecule has 0 radical (unpaired) electrons. The first-order chi connectivity index (χ1) is 8.82. The Morgan fingerprint density at radius 3 is 2.79 bits per heavy atom. The van der Waals surface area contributed by atoms with Crippen LogP contribution in [0.3, 0.4) is 0 Å². The fourth-order valence-corrected chi connectivity index (χ4v) is 5.19. The van der Waals surface area contributed by atoms with Gasteiger partial charge in [0.1, 0.15) is 20.7 Å². The SMILES string of the molecule is CC1(C(=O)O)CCCN1S(=O)(=O)c1ccc(C#N)s1. The van der Waals surface area contributed by atoms with Crippen LogP contribution in [0.1, 0.15) is 24.6 Å². The summed E-state index contributed by atoms with van der Waals surface area (Å²) in [5.74, 6) is -1.15. The molecule has 1 aliphatic rings. The molecule has 1 aromatic rings. The molecule has 0 aliphatic carbocycles. The van der Waals surface area contributed by atoms with Crippen molar-refractivity contribution in [3.8, 4) is 6.07 Å². The lowest BCUT2D eigenvalue weighted by Gasteiger charge is -2.29. The fraction of sp³-hybridized carbons (Fsp3) is 0.455. The molecule has 0 amide bonds. The molecule has 8 heteroatoms. The number of aliphatic carboxylic acids is 1. The summed E-state index contributed by atoms with van der Waals surface area (Å²) >= 11 is 0.855. The summed E-state index contributed by atoms with van der Waals surface area (Å²) < 4.78 is 25.9. The van der Waals surface area contributed by atoms with Crippen molar-refractivity contribution < 1.29 is 18.3 Å². The summed E-state index contributed by atoms with van der Waals surface area (Å²) in [6.07, 6.45) is 0.802. The maximum absolute atomic E-state index is 12.4. The zero-order chi connectivity index (χ0) is 14.3. The van der Waals surface area contributed by atoms with Gasteiger partial charge in [-0.05, 0) is 31.9 Å². The summed E-state index contributed by atoms with van der Waals surface area (Å²) in [6, 6.07) is 4.64. The van der Waals surface area contributed by atoms with E-state index in [0.717, 1.165) is 15.6 Å². The first-order valence-electron chi connectivity index (χ1n) is 5.58. The Morgan fingerprint density at radius 2 is 2.26 bits per heavy atom. The molecule has 1 fully saturated rings. The predicted octanol–water partition coefficient (Wildman–Crippen LogP) is 1.25. The monoisotopic (exact) mass is 300 g/mol. The van der Waals surface area contributed by atoms with Gasteiger partial charge in [0.05, 0.1) is 0 Å². The van der Waals surface area contributed by atoms with Gasteiger partial charge >= 0.3 is 5.97 Å². The van der Waals surface area contributed by atoms with E-state index in [-0.39, 0.29) is 22.1 Å². The van der Waals surface area contributed by atoms with E-state index in [9.17, 15) is 18.3 Å². The Bertz CT molecular complexity index is 658. The van der Waals surface area contributed by atoms with Gasteiger partial charge in [-0.15, -0.1) is 11.3 Å². The summed E-state index contributed by atoms with van der Waals surface area (Å²) in [4.78, 5) is 11.6. The average molecular weight is 300 g/mol. The van der Waals surface area contributed by atoms with E-state index in [2.05, 4.69) is 0 Å². The highest BCUT2D eigenvalue weighted by atomic mass is 32.2. The first kappa shape index (κ1) is 14.0. The molecule has 1 atom stereocenters. The molecule has 1 unspecified atom stereocenters. The van der Waals surface area contributed by atoms with Crippen molar-refractivity contribution in [3.63, 3.8) is 0 Å². The van der Waals surface area contributed by atoms with Gasteiger partial charge in [-0.3, -0.25) is 4.79 Å². The predicted molar refractivity (Wildman–Crippen MR) is 68.2 cm³/mol. The number of sulfonamides is 1. The van der Waals surface area contributed by atoms with E-state index in [4.69, 9.17) is 5.26 Å². The van der Waals surface area contributed by atoms with E-state index in [1.54, 1.807) is 0 Å². The molecule has 2 rings (SSSR count). The Balaban J connectivity index is 2.45. The average Bonchev–Trinajstić information content (AvgIpc) is 2.95. The molecule has 19 heavy (non-hydrogen) atoms. The highest BCUT2D eigenvalue weighted by Crippen LogP contribution is 2.36. The van der Waals surface area contributed by atoms with Crippen LogP contribution < -0.4 is 0 Å². The summed E-state index contributed by atoms with van der Waals surface area (Å²) in [5.41, 5.74) is -1.41. The molecule has 2 heterocycles. The third-order valence-electron chi connectivity index (χ3n) is 3.27. The van der Waals surface area contributed by atoms with Crippen LogP contribution in [0.4, 0.5) is 0 Å². The Hall–Kier alpha value is -1.43. The van der Waals surface area contributed by atoms with E-state index in [1.165, 1.54) is 19.1 Å². The fourth-order valence-electron chi connectivity index (χ4n) is 2.16. The number of nitrogens with zero attached hydrogens (tertiary/aromatic N) is 2. The normalized spacial score (nSPS) is 24.2. The maximum Gasteiger partial charge on any atom is 0.324 e. The Morgan fingerprint density at radius 1 is 1.58 bits per heavy atom. The van der Waals surface area contributed by atoms with Crippen LogP contribution >= 0.6 is 11.3 Å². The van der Waals surface area contributed by atoms with E-state index >= 15 is 0 Å². The van der Waals surface area contributed by atoms with Crippen molar-refractivity contribution in [1.82, 2.24) is 4.31 Å². The standard InChI is InChI=1S/C11H12N2O4S2/c1-11(10(14)15)5-2-6-13(11)19(16,17)9-4-3-8(7-12)18-9/h3-4H,2,5-6H2,1H3,(H,14,15). The summed E-state index contributed by atoms with van der Waals surface area (Å²) in [5, 5.41) is 18.0. The quantitative estimate of drug-likeness (QED) is 0.905. The van der Waals surface area contributed by atoms with Gasteiger partial charge in [0, 0.05) is 6.54 Å². The zero-order valence-electron chi connectivity index (χ0n) is 10.2. The summed E-state index contributed by atoms with van der Waals surface area (Å²) in [7, 11) is -3.86. The second-order valence-corrected chi connectivity index (χ2v) is 7.66. The van der Waals surface area contributed by atoms with Gasteiger partial charge in [-0.25, -0.2) is 8.42 Å². The van der Waals surface area contributed by atoms with E-state index < -0.39 is 21.5 Å². The lowest BCUT2D eigenvalue weighted by Crippen LogP contribution is -2.50. The molecule has 1 aromatic heterocycles. The van der Waals surface area contributed by atoms with Crippen molar-refractivity contribution in [2.75, 3.05) is 6.54 Å². The largest absolute Gasteiger partial charge is 0.480 e. The van der Waals surface area contributed by atoms with Gasteiger partial charge < -0.3 is 5.11 Å². The minimum Gasteiger partial charge on any atom is -0.480 e. The molecular formula is C11H12N2O4S2. The number of hydrogen-bond acceptors (Lipinski definition) is 5. The molecule has 0 spiro atoms. The van der Waals surface area contributed by atoms with Crippen LogP contribution in [0.5, 0.6) is 0 Å². The molecule has 1 N–H and O–H groups in total. The lowest BCUT2D eigenvalue weighted by atomic mass is 10.0. The van der Waals surface area contributed by atoms with E-state index in [1.807, 2.05) is 6.07 Å². The van der Waals surface area contributed by atoms with Gasteiger partial charge in [0.25, 0.3) is 10.0 Å². The number of carboxylic acids is 1. The van der Waals surface area contributed by atoms with Gasteiger partial charge in [0.15, 0.2) is 0 Å². The Labute approximate surface area is 114 Å². The second kappa shape index (κ2) is 4.59. The molecule has 6 nitrogen and oxygen atoms in total. The third kappa shape index (κ3) is 2.14. The topological polar surface area (TPSA) is 98.5 Å². The van der Waals surface area contributed by atoms with Crippen LogP contribution in [-0.2, 0) is 14.8 Å². The number of nitriles is 1. The zero-order valence-corrected chi connectivity index (χ0v) is 11.8. The van der Waals surface area contributed by atoms with Crippen LogP contribution in [-0.4, -0.2) is 35.9 Å². The maximum atomic E-state index is 12.4. The lowest BCUT2D eigenvalue weighted by molar-refractivity contribution is -0.146.